The molecule has 1 unspecified atom stereocenters. The van der Waals surface area contributed by atoms with Crippen molar-refractivity contribution in [1.29, 1.82) is 0 Å². The van der Waals surface area contributed by atoms with Gasteiger partial charge in [0, 0.05) is 43.5 Å². The third-order valence-corrected chi connectivity index (χ3v) is 4.59. The van der Waals surface area contributed by atoms with Crippen LogP contribution in [-0.2, 0) is 6.42 Å². The predicted octanol–water partition coefficient (Wildman–Crippen LogP) is 2.77. The Morgan fingerprint density at radius 3 is 2.73 bits per heavy atom. The van der Waals surface area contributed by atoms with E-state index in [0.29, 0.717) is 6.04 Å². The van der Waals surface area contributed by atoms with Crippen molar-refractivity contribution in [2.45, 2.75) is 19.4 Å². The minimum Gasteiger partial charge on any atom is -0.398 e. The molecule has 3 N–H and O–H groups in total. The molecule has 1 heterocycles. The van der Waals surface area contributed by atoms with E-state index in [9.17, 15) is 0 Å². The summed E-state index contributed by atoms with van der Waals surface area (Å²) < 4.78 is 0. The van der Waals surface area contributed by atoms with Gasteiger partial charge >= 0.3 is 0 Å². The highest BCUT2D eigenvalue weighted by Gasteiger charge is 2.17. The van der Waals surface area contributed by atoms with Crippen molar-refractivity contribution in [2.75, 3.05) is 31.9 Å². The second-order valence-electron chi connectivity index (χ2n) is 6.08. The van der Waals surface area contributed by atoms with E-state index in [1.54, 1.807) is 0 Å². The van der Waals surface area contributed by atoms with Gasteiger partial charge in [0.2, 0.25) is 0 Å². The van der Waals surface area contributed by atoms with Crippen LogP contribution < -0.4 is 11.1 Å². The highest BCUT2D eigenvalue weighted by molar-refractivity contribution is 5.78. The van der Waals surface area contributed by atoms with Crippen LogP contribution in [0.25, 0.3) is 11.1 Å². The Labute approximate surface area is 133 Å². The fraction of sp³-hybridized carbons (Fsp3) is 0.368. The Kier molecular flexibility index (Phi) is 4.76. The zero-order valence-electron chi connectivity index (χ0n) is 13.3. The molecule has 0 spiro atoms. The molecule has 22 heavy (non-hydrogen) atoms. The van der Waals surface area contributed by atoms with Crippen molar-refractivity contribution in [3.63, 3.8) is 0 Å². The van der Waals surface area contributed by atoms with Gasteiger partial charge in [-0.25, -0.2) is 0 Å². The van der Waals surface area contributed by atoms with Crippen molar-refractivity contribution in [3.8, 4) is 11.1 Å². The van der Waals surface area contributed by atoms with Gasteiger partial charge in [-0.1, -0.05) is 48.5 Å². The van der Waals surface area contributed by atoms with Crippen LogP contribution in [0.2, 0.25) is 0 Å². The van der Waals surface area contributed by atoms with E-state index in [1.807, 2.05) is 6.07 Å². The lowest BCUT2D eigenvalue weighted by Crippen LogP contribution is -2.50. The highest BCUT2D eigenvalue weighted by Crippen LogP contribution is 2.28. The predicted molar refractivity (Wildman–Crippen MR) is 93.9 cm³/mol. The van der Waals surface area contributed by atoms with E-state index in [-0.39, 0.29) is 0 Å². The molecule has 0 amide bonds. The molecule has 0 bridgehead atoms. The van der Waals surface area contributed by atoms with Crippen LogP contribution >= 0.6 is 0 Å². The number of benzene rings is 2. The van der Waals surface area contributed by atoms with Crippen LogP contribution in [0.5, 0.6) is 0 Å². The number of hydrogen-bond acceptors (Lipinski definition) is 3. The van der Waals surface area contributed by atoms with Crippen LogP contribution in [-0.4, -0.2) is 37.1 Å². The topological polar surface area (TPSA) is 41.3 Å². The number of hydrogen-bond donors (Lipinski definition) is 2. The second kappa shape index (κ2) is 6.95. The van der Waals surface area contributed by atoms with Gasteiger partial charge < -0.3 is 11.1 Å². The third kappa shape index (κ3) is 3.32. The summed E-state index contributed by atoms with van der Waals surface area (Å²) in [4.78, 5) is 2.55. The molecule has 0 saturated carbocycles. The number of nitrogens with one attached hydrogen (secondary N) is 1. The number of nitrogens with zero attached hydrogens (tertiary/aromatic N) is 1. The maximum absolute atomic E-state index is 6.43. The van der Waals surface area contributed by atoms with Crippen LogP contribution in [0.1, 0.15) is 12.5 Å². The molecule has 1 atom stereocenters. The smallest absolute Gasteiger partial charge is 0.0426 e. The Morgan fingerprint density at radius 1 is 1.14 bits per heavy atom. The molecule has 2 aromatic rings. The minimum atomic E-state index is 0.604. The monoisotopic (exact) mass is 295 g/mol. The van der Waals surface area contributed by atoms with Gasteiger partial charge in [0.1, 0.15) is 0 Å². The van der Waals surface area contributed by atoms with E-state index in [2.05, 4.69) is 59.6 Å². The first-order chi connectivity index (χ1) is 10.8. The molecule has 0 aromatic heterocycles. The summed E-state index contributed by atoms with van der Waals surface area (Å²) in [7, 11) is 0. The summed E-state index contributed by atoms with van der Waals surface area (Å²) in [6.07, 6.45) is 1.01. The molecule has 0 radical (unpaired) electrons. The molecule has 3 rings (SSSR count). The van der Waals surface area contributed by atoms with Crippen molar-refractivity contribution in [3.05, 3.63) is 54.1 Å². The van der Waals surface area contributed by atoms with Gasteiger partial charge in [0.05, 0.1) is 0 Å². The van der Waals surface area contributed by atoms with Gasteiger partial charge in [0.25, 0.3) is 0 Å². The van der Waals surface area contributed by atoms with E-state index < -0.39 is 0 Å². The average Bonchev–Trinajstić information content (AvgIpc) is 2.56. The number of nitrogen functional groups attached to an aromatic ring is 1. The van der Waals surface area contributed by atoms with E-state index in [4.69, 9.17) is 5.73 Å². The molecular formula is C19H25N3. The quantitative estimate of drug-likeness (QED) is 0.852. The summed E-state index contributed by atoms with van der Waals surface area (Å²) in [6.45, 7) is 6.66. The maximum atomic E-state index is 6.43. The van der Waals surface area contributed by atoms with Gasteiger partial charge in [-0.05, 0) is 24.5 Å². The van der Waals surface area contributed by atoms with Crippen LogP contribution in [0.4, 0.5) is 5.69 Å². The van der Waals surface area contributed by atoms with Crippen LogP contribution in [0, 0.1) is 0 Å². The maximum Gasteiger partial charge on any atom is 0.0426 e. The lowest BCUT2D eigenvalue weighted by Gasteiger charge is -2.34. The van der Waals surface area contributed by atoms with Crippen LogP contribution in [0.15, 0.2) is 48.5 Å². The second-order valence-corrected chi connectivity index (χ2v) is 6.08. The van der Waals surface area contributed by atoms with E-state index >= 15 is 0 Å². The van der Waals surface area contributed by atoms with Gasteiger partial charge in [-0.3, -0.25) is 4.90 Å². The Balaban J connectivity index is 1.74. The molecule has 3 heteroatoms. The lowest BCUT2D eigenvalue weighted by atomic mass is 9.98. The molecule has 3 nitrogen and oxygen atoms in total. The lowest BCUT2D eigenvalue weighted by molar-refractivity contribution is 0.176. The Morgan fingerprint density at radius 2 is 1.95 bits per heavy atom. The highest BCUT2D eigenvalue weighted by atomic mass is 15.2. The fourth-order valence-corrected chi connectivity index (χ4v) is 3.18. The Hall–Kier alpha value is -1.84. The number of para-hydroxylation sites is 1. The molecule has 1 saturated heterocycles. The molecule has 1 fully saturated rings. The normalized spacial score (nSPS) is 19.2. The molecule has 0 aliphatic carbocycles. The number of piperazine rings is 1. The van der Waals surface area contributed by atoms with Gasteiger partial charge in [0.15, 0.2) is 0 Å². The van der Waals surface area contributed by atoms with Crippen molar-refractivity contribution in [2.24, 2.45) is 0 Å². The number of nitrogens with two attached hydrogens (primary N) is 1. The summed E-state index contributed by atoms with van der Waals surface area (Å²) in [5.74, 6) is 0. The van der Waals surface area contributed by atoms with E-state index in [0.717, 1.165) is 43.9 Å². The van der Waals surface area contributed by atoms with Gasteiger partial charge in [-0.2, -0.15) is 0 Å². The summed E-state index contributed by atoms with van der Waals surface area (Å²) >= 11 is 0. The van der Waals surface area contributed by atoms with E-state index in [1.165, 1.54) is 11.1 Å². The first-order valence-electron chi connectivity index (χ1n) is 8.13. The SMILES string of the molecule is CC1CNCCN1CCc1cccc(-c2ccccc2)c1N. The standard InChI is InChI=1S/C19H25N3/c1-15-14-21-11-13-22(15)12-10-17-8-5-9-18(19(17)20)16-6-3-2-4-7-16/h2-9,15,21H,10-14,20H2,1H3. The van der Waals surface area contributed by atoms with Crippen molar-refractivity contribution >= 4 is 5.69 Å². The largest absolute Gasteiger partial charge is 0.398 e. The zero-order valence-corrected chi connectivity index (χ0v) is 13.3. The first kappa shape index (κ1) is 15.1. The average molecular weight is 295 g/mol. The third-order valence-electron chi connectivity index (χ3n) is 4.59. The molecule has 116 valence electrons. The fourth-order valence-electron chi connectivity index (χ4n) is 3.18. The minimum absolute atomic E-state index is 0.604. The van der Waals surface area contributed by atoms with Crippen molar-refractivity contribution in [1.82, 2.24) is 10.2 Å². The molecule has 2 aromatic carbocycles. The van der Waals surface area contributed by atoms with Gasteiger partial charge in [-0.15, -0.1) is 0 Å². The first-order valence-corrected chi connectivity index (χ1v) is 8.13. The molecule has 1 aliphatic rings. The summed E-state index contributed by atoms with van der Waals surface area (Å²) in [6, 6.07) is 17.4. The molecule has 1 aliphatic heterocycles. The van der Waals surface area contributed by atoms with Crippen LogP contribution in [0.3, 0.4) is 0 Å². The molecular weight excluding hydrogens is 270 g/mol. The summed E-state index contributed by atoms with van der Waals surface area (Å²) in [5.41, 5.74) is 11.0. The Bertz CT molecular complexity index is 609. The van der Waals surface area contributed by atoms with Crippen molar-refractivity contribution < 1.29 is 0 Å². The zero-order chi connectivity index (χ0) is 15.4. The number of anilines is 1. The summed E-state index contributed by atoms with van der Waals surface area (Å²) in [5, 5.41) is 3.44. The number of rotatable bonds is 4.